The summed E-state index contributed by atoms with van der Waals surface area (Å²) in [4.78, 5) is 48.3. The van der Waals surface area contributed by atoms with Gasteiger partial charge in [0.15, 0.2) is 6.10 Å². The van der Waals surface area contributed by atoms with E-state index in [1.165, 1.54) is 20.0 Å². The summed E-state index contributed by atoms with van der Waals surface area (Å²) in [5, 5.41) is 13.9. The number of nitro benzene ring substituents is 1. The fourth-order valence-corrected chi connectivity index (χ4v) is 2.71. The highest BCUT2D eigenvalue weighted by Gasteiger charge is 2.27. The first-order valence-electron chi connectivity index (χ1n) is 8.85. The molecule has 2 aromatic rings. The highest BCUT2D eigenvalue weighted by Crippen LogP contribution is 2.24. The lowest BCUT2D eigenvalue weighted by Crippen LogP contribution is -2.41. The van der Waals surface area contributed by atoms with Crippen LogP contribution in [0.2, 0.25) is 5.02 Å². The Bertz CT molecular complexity index is 977. The van der Waals surface area contributed by atoms with E-state index in [4.69, 9.17) is 16.3 Å². The molecule has 0 saturated heterocycles. The van der Waals surface area contributed by atoms with Crippen LogP contribution in [0.5, 0.6) is 0 Å². The number of hydrogen-bond donors (Lipinski definition) is 1. The summed E-state index contributed by atoms with van der Waals surface area (Å²) in [6.45, 7) is 2.96. The van der Waals surface area contributed by atoms with Crippen LogP contribution in [0.25, 0.3) is 0 Å². The summed E-state index contributed by atoms with van der Waals surface area (Å²) in [6.07, 6.45) is -1.26. The van der Waals surface area contributed by atoms with E-state index in [9.17, 15) is 24.5 Å². The molecule has 0 aromatic heterocycles. The zero-order chi connectivity index (χ0) is 22.4. The molecule has 0 spiro atoms. The Labute approximate surface area is 177 Å². The maximum atomic E-state index is 12.4. The number of carbonyl (C=O) groups is 3. The Balaban J connectivity index is 1.97. The minimum absolute atomic E-state index is 0.0849. The van der Waals surface area contributed by atoms with Gasteiger partial charge in [-0.05, 0) is 38.1 Å². The molecule has 1 unspecified atom stereocenters. The number of rotatable bonds is 7. The highest BCUT2D eigenvalue weighted by atomic mass is 35.5. The molecule has 10 heteroatoms. The van der Waals surface area contributed by atoms with Crippen molar-refractivity contribution in [3.8, 4) is 0 Å². The molecule has 0 aliphatic heterocycles. The number of ether oxygens (including phenoxy) is 1. The first kappa shape index (κ1) is 22.8. The van der Waals surface area contributed by atoms with Gasteiger partial charge in [-0.25, -0.2) is 4.79 Å². The molecule has 0 fully saturated rings. The first-order valence-corrected chi connectivity index (χ1v) is 9.22. The monoisotopic (exact) mass is 433 g/mol. The van der Waals surface area contributed by atoms with Crippen LogP contribution in [0.3, 0.4) is 0 Å². The van der Waals surface area contributed by atoms with E-state index in [2.05, 4.69) is 5.32 Å². The molecule has 2 rings (SSSR count). The van der Waals surface area contributed by atoms with Crippen molar-refractivity contribution in [3.63, 3.8) is 0 Å². The van der Waals surface area contributed by atoms with Crippen molar-refractivity contribution in [2.45, 2.75) is 20.0 Å². The van der Waals surface area contributed by atoms with Crippen molar-refractivity contribution < 1.29 is 24.0 Å². The molecule has 0 aliphatic carbocycles. The molecule has 30 heavy (non-hydrogen) atoms. The van der Waals surface area contributed by atoms with Crippen LogP contribution >= 0.6 is 11.6 Å². The smallest absolute Gasteiger partial charge is 0.345 e. The van der Waals surface area contributed by atoms with E-state index in [1.54, 1.807) is 12.1 Å². The zero-order valence-corrected chi connectivity index (χ0v) is 17.3. The molecule has 2 aromatic carbocycles. The molecule has 1 N–H and O–H groups in total. The van der Waals surface area contributed by atoms with E-state index < -0.39 is 34.5 Å². The number of esters is 1. The number of carbonyl (C=O) groups excluding carboxylic acids is 3. The maximum Gasteiger partial charge on any atom is 0.345 e. The van der Waals surface area contributed by atoms with Gasteiger partial charge in [0.2, 0.25) is 5.91 Å². The topological polar surface area (TPSA) is 119 Å². The molecule has 1 atom stereocenters. The lowest BCUT2D eigenvalue weighted by Gasteiger charge is -2.21. The summed E-state index contributed by atoms with van der Waals surface area (Å²) in [7, 11) is 1.38. The first-order chi connectivity index (χ1) is 14.1. The lowest BCUT2D eigenvalue weighted by molar-refractivity contribution is -0.385. The molecule has 0 heterocycles. The number of halogens is 1. The normalized spacial score (nSPS) is 11.3. The number of hydrogen-bond acceptors (Lipinski definition) is 6. The predicted molar refractivity (Wildman–Crippen MR) is 110 cm³/mol. The predicted octanol–water partition coefficient (Wildman–Crippen LogP) is 3.20. The lowest BCUT2D eigenvalue weighted by atomic mass is 10.2. The summed E-state index contributed by atoms with van der Waals surface area (Å²) in [5.74, 6) is -2.11. The molecule has 0 saturated carbocycles. The fraction of sp³-hybridized carbons (Fsp3) is 0.250. The Hall–Kier alpha value is -3.46. The van der Waals surface area contributed by atoms with Crippen molar-refractivity contribution in [1.29, 1.82) is 0 Å². The second-order valence-electron chi connectivity index (χ2n) is 6.57. The number of benzene rings is 2. The van der Waals surface area contributed by atoms with Gasteiger partial charge < -0.3 is 15.0 Å². The van der Waals surface area contributed by atoms with E-state index in [0.717, 1.165) is 22.6 Å². The second-order valence-corrected chi connectivity index (χ2v) is 7.01. The number of likely N-dealkylation sites (N-methyl/N-ethyl adjacent to an activating group) is 1. The number of amides is 2. The Kier molecular flexibility index (Phi) is 7.48. The third kappa shape index (κ3) is 6.02. The molecule has 0 aliphatic rings. The van der Waals surface area contributed by atoms with Crippen molar-refractivity contribution in [2.75, 3.05) is 18.9 Å². The van der Waals surface area contributed by atoms with Crippen LogP contribution in [0, 0.1) is 17.0 Å². The molecule has 0 bridgehead atoms. The van der Waals surface area contributed by atoms with Gasteiger partial charge >= 0.3 is 5.97 Å². The number of nitrogens with one attached hydrogen (secondary N) is 1. The standard InChI is InChI=1S/C20H20ClN3O6/c1-12-4-7-15(8-5-12)22-18(25)11-23(3)19(26)13(2)30-20(27)16-9-6-14(21)10-17(16)24(28)29/h4-10,13H,11H2,1-3H3,(H,22,25). The van der Waals surface area contributed by atoms with Gasteiger partial charge in [0.1, 0.15) is 5.56 Å². The minimum Gasteiger partial charge on any atom is -0.449 e. The Morgan fingerprint density at radius 2 is 1.83 bits per heavy atom. The molecule has 0 radical (unpaired) electrons. The Morgan fingerprint density at radius 1 is 1.20 bits per heavy atom. The molecule has 158 valence electrons. The van der Waals surface area contributed by atoms with Gasteiger partial charge in [-0.3, -0.25) is 19.7 Å². The summed E-state index contributed by atoms with van der Waals surface area (Å²) in [6, 6.07) is 10.6. The number of nitrogens with zero attached hydrogens (tertiary/aromatic N) is 2. The van der Waals surface area contributed by atoms with E-state index in [-0.39, 0.29) is 17.1 Å². The number of nitro groups is 1. The van der Waals surface area contributed by atoms with Gasteiger partial charge in [-0.15, -0.1) is 0 Å². The molecule has 9 nitrogen and oxygen atoms in total. The second kappa shape index (κ2) is 9.84. The average Bonchev–Trinajstić information content (AvgIpc) is 2.68. The van der Waals surface area contributed by atoms with Crippen molar-refractivity contribution in [3.05, 3.63) is 68.7 Å². The molecular weight excluding hydrogens is 414 g/mol. The third-order valence-corrected chi connectivity index (χ3v) is 4.34. The van der Waals surface area contributed by atoms with Gasteiger partial charge in [0, 0.05) is 23.8 Å². The minimum atomic E-state index is -1.26. The van der Waals surface area contributed by atoms with E-state index >= 15 is 0 Å². The van der Waals surface area contributed by atoms with Crippen LogP contribution in [0.15, 0.2) is 42.5 Å². The quantitative estimate of drug-likeness (QED) is 0.407. The summed E-state index contributed by atoms with van der Waals surface area (Å²) >= 11 is 5.72. The summed E-state index contributed by atoms with van der Waals surface area (Å²) in [5.41, 5.74) is 0.764. The van der Waals surface area contributed by atoms with Crippen LogP contribution < -0.4 is 5.32 Å². The highest BCUT2D eigenvalue weighted by molar-refractivity contribution is 6.31. The van der Waals surface area contributed by atoms with Gasteiger partial charge in [0.25, 0.3) is 11.6 Å². The molecule has 2 amide bonds. The fourth-order valence-electron chi connectivity index (χ4n) is 2.54. The maximum absolute atomic E-state index is 12.4. The number of aryl methyl sites for hydroxylation is 1. The van der Waals surface area contributed by atoms with Crippen molar-refractivity contribution in [2.24, 2.45) is 0 Å². The third-order valence-electron chi connectivity index (χ3n) is 4.10. The molecular formula is C20H20ClN3O6. The zero-order valence-electron chi connectivity index (χ0n) is 16.5. The van der Waals surface area contributed by atoms with Crippen molar-refractivity contribution in [1.82, 2.24) is 4.90 Å². The SMILES string of the molecule is Cc1ccc(NC(=O)CN(C)C(=O)C(C)OC(=O)c2ccc(Cl)cc2[N+](=O)[O-])cc1. The van der Waals surface area contributed by atoms with Gasteiger partial charge in [-0.2, -0.15) is 0 Å². The van der Waals surface area contributed by atoms with Crippen LogP contribution in [-0.2, 0) is 14.3 Å². The average molecular weight is 434 g/mol. The summed E-state index contributed by atoms with van der Waals surface area (Å²) < 4.78 is 5.05. The number of anilines is 1. The van der Waals surface area contributed by atoms with Gasteiger partial charge in [0.05, 0.1) is 11.5 Å². The van der Waals surface area contributed by atoms with E-state index in [1.807, 2.05) is 19.1 Å². The largest absolute Gasteiger partial charge is 0.449 e. The van der Waals surface area contributed by atoms with Crippen LogP contribution in [0.1, 0.15) is 22.8 Å². The van der Waals surface area contributed by atoms with Crippen molar-refractivity contribution >= 4 is 40.8 Å². The Morgan fingerprint density at radius 3 is 2.43 bits per heavy atom. The van der Waals surface area contributed by atoms with Gasteiger partial charge in [-0.1, -0.05) is 29.3 Å². The van der Waals surface area contributed by atoms with Crippen LogP contribution in [-0.4, -0.2) is 47.3 Å². The van der Waals surface area contributed by atoms with Crippen LogP contribution in [0.4, 0.5) is 11.4 Å². The van der Waals surface area contributed by atoms with E-state index in [0.29, 0.717) is 5.69 Å².